The third-order valence-electron chi connectivity index (χ3n) is 2.94. The van der Waals surface area contributed by atoms with Crippen LogP contribution in [0.15, 0.2) is 36.9 Å². The molecule has 1 aromatic heterocycles. The monoisotopic (exact) mass is 256 g/mol. The molecule has 1 atom stereocenters. The molecule has 19 heavy (non-hydrogen) atoms. The number of benzene rings is 1. The summed E-state index contributed by atoms with van der Waals surface area (Å²) in [6, 6.07) is 5.63. The summed E-state index contributed by atoms with van der Waals surface area (Å²) in [5.41, 5.74) is 7.96. The maximum atomic E-state index is 11.1. The zero-order chi connectivity index (χ0) is 13.2. The van der Waals surface area contributed by atoms with Gasteiger partial charge in [-0.2, -0.15) is 0 Å². The first kappa shape index (κ1) is 11.5. The third kappa shape index (κ3) is 2.20. The Morgan fingerprint density at radius 2 is 2.11 bits per heavy atom. The lowest BCUT2D eigenvalue weighted by atomic mass is 10.1. The van der Waals surface area contributed by atoms with Crippen LogP contribution in [0.25, 0.3) is 11.1 Å². The Bertz CT molecular complexity index is 615. The Kier molecular flexibility index (Phi) is 2.75. The smallest absolute Gasteiger partial charge is 0.260 e. The van der Waals surface area contributed by atoms with Gasteiger partial charge in [-0.1, -0.05) is 6.07 Å². The number of ether oxygens (including phenoxy) is 1. The number of hydrogen-bond donors (Lipinski definition) is 2. The van der Waals surface area contributed by atoms with E-state index in [1.54, 1.807) is 18.5 Å². The van der Waals surface area contributed by atoms with E-state index in [0.29, 0.717) is 12.3 Å². The number of anilines is 1. The standard InChI is InChI=1S/C13H12N4O2/c14-13(18)12-6-17-10-3-8(1-2-11(10)19-12)9-4-15-7-16-5-9/h1-5,7,12,17H,6H2,(H2,14,18). The van der Waals surface area contributed by atoms with Gasteiger partial charge >= 0.3 is 0 Å². The topological polar surface area (TPSA) is 90.1 Å². The highest BCUT2D eigenvalue weighted by Crippen LogP contribution is 2.33. The van der Waals surface area contributed by atoms with Crippen LogP contribution in [-0.2, 0) is 4.79 Å². The summed E-state index contributed by atoms with van der Waals surface area (Å²) in [5.74, 6) is 0.148. The molecule has 0 aliphatic carbocycles. The summed E-state index contributed by atoms with van der Waals surface area (Å²) in [4.78, 5) is 19.1. The number of carbonyl (C=O) groups excluding carboxylic acids is 1. The largest absolute Gasteiger partial charge is 0.477 e. The molecule has 0 radical (unpaired) electrons. The maximum absolute atomic E-state index is 11.1. The Hall–Kier alpha value is -2.63. The highest BCUT2D eigenvalue weighted by atomic mass is 16.5. The van der Waals surface area contributed by atoms with Crippen molar-refractivity contribution >= 4 is 11.6 Å². The van der Waals surface area contributed by atoms with Gasteiger partial charge in [0.05, 0.1) is 12.2 Å². The molecule has 3 N–H and O–H groups in total. The molecule has 0 fully saturated rings. The van der Waals surface area contributed by atoms with Crippen LogP contribution >= 0.6 is 0 Å². The van der Waals surface area contributed by atoms with Gasteiger partial charge in [-0.15, -0.1) is 0 Å². The molecule has 2 aromatic rings. The van der Waals surface area contributed by atoms with Gasteiger partial charge in [-0.25, -0.2) is 9.97 Å². The van der Waals surface area contributed by atoms with E-state index in [0.717, 1.165) is 16.8 Å². The minimum Gasteiger partial charge on any atom is -0.477 e. The Morgan fingerprint density at radius 1 is 1.32 bits per heavy atom. The van der Waals surface area contributed by atoms with Gasteiger partial charge in [0, 0.05) is 18.0 Å². The van der Waals surface area contributed by atoms with Crippen LogP contribution < -0.4 is 15.8 Å². The molecule has 1 unspecified atom stereocenters. The lowest BCUT2D eigenvalue weighted by Gasteiger charge is -2.25. The van der Waals surface area contributed by atoms with Crippen LogP contribution in [0.3, 0.4) is 0 Å². The van der Waals surface area contributed by atoms with Crippen LogP contribution in [0.1, 0.15) is 0 Å². The van der Waals surface area contributed by atoms with Crippen molar-refractivity contribution in [1.29, 1.82) is 0 Å². The third-order valence-corrected chi connectivity index (χ3v) is 2.94. The second-order valence-corrected chi connectivity index (χ2v) is 4.23. The molecular formula is C13H12N4O2. The fraction of sp³-hybridized carbons (Fsp3) is 0.154. The Balaban J connectivity index is 1.92. The van der Waals surface area contributed by atoms with Crippen molar-refractivity contribution in [3.05, 3.63) is 36.9 Å². The number of carbonyl (C=O) groups is 1. The fourth-order valence-electron chi connectivity index (χ4n) is 1.95. The number of nitrogens with two attached hydrogens (primary N) is 1. The average molecular weight is 256 g/mol. The van der Waals surface area contributed by atoms with Gasteiger partial charge in [-0.05, 0) is 17.7 Å². The number of rotatable bonds is 2. The van der Waals surface area contributed by atoms with E-state index < -0.39 is 12.0 Å². The average Bonchev–Trinajstić information content (AvgIpc) is 2.47. The molecule has 6 heteroatoms. The fourth-order valence-corrected chi connectivity index (χ4v) is 1.95. The molecule has 1 aromatic carbocycles. The molecule has 3 rings (SSSR count). The molecule has 2 heterocycles. The minimum absolute atomic E-state index is 0.372. The summed E-state index contributed by atoms with van der Waals surface area (Å²) in [6.07, 6.45) is 4.34. The summed E-state index contributed by atoms with van der Waals surface area (Å²) < 4.78 is 5.52. The van der Waals surface area contributed by atoms with Crippen molar-refractivity contribution in [3.8, 4) is 16.9 Å². The van der Waals surface area contributed by atoms with E-state index in [1.807, 2.05) is 12.1 Å². The molecular weight excluding hydrogens is 244 g/mol. The first-order valence-electron chi connectivity index (χ1n) is 5.83. The number of nitrogens with one attached hydrogen (secondary N) is 1. The first-order valence-corrected chi connectivity index (χ1v) is 5.83. The van der Waals surface area contributed by atoms with E-state index in [-0.39, 0.29) is 0 Å². The Labute approximate surface area is 109 Å². The highest BCUT2D eigenvalue weighted by molar-refractivity contribution is 5.82. The van der Waals surface area contributed by atoms with E-state index >= 15 is 0 Å². The lowest BCUT2D eigenvalue weighted by Crippen LogP contribution is -2.41. The van der Waals surface area contributed by atoms with Crippen molar-refractivity contribution in [2.24, 2.45) is 5.73 Å². The second kappa shape index (κ2) is 4.56. The summed E-state index contributed by atoms with van der Waals surface area (Å²) in [6.45, 7) is 0.372. The molecule has 6 nitrogen and oxygen atoms in total. The predicted molar refractivity (Wildman–Crippen MR) is 69.6 cm³/mol. The van der Waals surface area contributed by atoms with Gasteiger partial charge in [0.2, 0.25) is 0 Å². The summed E-state index contributed by atoms with van der Waals surface area (Å²) >= 11 is 0. The molecule has 96 valence electrons. The van der Waals surface area contributed by atoms with Crippen molar-refractivity contribution in [2.75, 3.05) is 11.9 Å². The Morgan fingerprint density at radius 3 is 2.84 bits per heavy atom. The normalized spacial score (nSPS) is 16.9. The van der Waals surface area contributed by atoms with Crippen molar-refractivity contribution in [2.45, 2.75) is 6.10 Å². The van der Waals surface area contributed by atoms with E-state index in [4.69, 9.17) is 10.5 Å². The van der Waals surface area contributed by atoms with E-state index in [1.165, 1.54) is 6.33 Å². The number of amides is 1. The van der Waals surface area contributed by atoms with Crippen LogP contribution in [0.2, 0.25) is 0 Å². The van der Waals surface area contributed by atoms with Crippen molar-refractivity contribution in [1.82, 2.24) is 9.97 Å². The first-order chi connectivity index (χ1) is 9.24. The number of aromatic nitrogens is 2. The second-order valence-electron chi connectivity index (χ2n) is 4.23. The van der Waals surface area contributed by atoms with Gasteiger partial charge in [0.1, 0.15) is 12.1 Å². The predicted octanol–water partition coefficient (Wildman–Crippen LogP) is 0.802. The number of nitrogens with zero attached hydrogens (tertiary/aromatic N) is 2. The number of primary amides is 1. The molecule has 1 amide bonds. The zero-order valence-corrected chi connectivity index (χ0v) is 10.0. The molecule has 0 bridgehead atoms. The molecule has 0 spiro atoms. The van der Waals surface area contributed by atoms with Crippen LogP contribution in [0, 0.1) is 0 Å². The minimum atomic E-state index is -0.626. The molecule has 0 saturated carbocycles. The number of fused-ring (bicyclic) bond motifs is 1. The molecule has 1 aliphatic rings. The molecule has 1 aliphatic heterocycles. The lowest BCUT2D eigenvalue weighted by molar-refractivity contribution is -0.124. The van der Waals surface area contributed by atoms with Crippen LogP contribution in [0.4, 0.5) is 5.69 Å². The van der Waals surface area contributed by atoms with Crippen LogP contribution in [0.5, 0.6) is 5.75 Å². The summed E-state index contributed by atoms with van der Waals surface area (Å²) in [5, 5.41) is 3.14. The van der Waals surface area contributed by atoms with Crippen LogP contribution in [-0.4, -0.2) is 28.5 Å². The van der Waals surface area contributed by atoms with Crippen molar-refractivity contribution < 1.29 is 9.53 Å². The maximum Gasteiger partial charge on any atom is 0.260 e. The zero-order valence-electron chi connectivity index (χ0n) is 10.0. The van der Waals surface area contributed by atoms with Gasteiger partial charge in [0.15, 0.2) is 6.10 Å². The quantitative estimate of drug-likeness (QED) is 0.829. The van der Waals surface area contributed by atoms with E-state index in [9.17, 15) is 4.79 Å². The summed E-state index contributed by atoms with van der Waals surface area (Å²) in [7, 11) is 0. The van der Waals surface area contributed by atoms with E-state index in [2.05, 4.69) is 15.3 Å². The van der Waals surface area contributed by atoms with Gasteiger partial charge < -0.3 is 15.8 Å². The van der Waals surface area contributed by atoms with Crippen molar-refractivity contribution in [3.63, 3.8) is 0 Å². The number of hydrogen-bond acceptors (Lipinski definition) is 5. The van der Waals surface area contributed by atoms with Gasteiger partial charge in [-0.3, -0.25) is 4.79 Å². The van der Waals surface area contributed by atoms with Gasteiger partial charge in [0.25, 0.3) is 5.91 Å². The SMILES string of the molecule is NC(=O)C1CNc2cc(-c3cncnc3)ccc2O1. The molecule has 0 saturated heterocycles. The highest BCUT2D eigenvalue weighted by Gasteiger charge is 2.23.